The molecule has 148 valence electrons. The quantitative estimate of drug-likeness (QED) is 0.472. The molecule has 6 heteroatoms. The number of para-hydroxylation sites is 2. The predicted molar refractivity (Wildman–Crippen MR) is 117 cm³/mol. The number of carbonyl (C=O) groups excluding carboxylic acids is 1. The van der Waals surface area contributed by atoms with Crippen LogP contribution in [0.25, 0.3) is 11.0 Å². The summed E-state index contributed by atoms with van der Waals surface area (Å²) in [6.07, 6.45) is 0. The van der Waals surface area contributed by atoms with Gasteiger partial charge in [-0.05, 0) is 55.1 Å². The molecule has 1 unspecified atom stereocenters. The molecular weight excluding hydrogens is 382 g/mol. The number of hydrogen-bond acceptors (Lipinski definition) is 4. The van der Waals surface area contributed by atoms with Gasteiger partial charge < -0.3 is 14.6 Å². The fourth-order valence-electron chi connectivity index (χ4n) is 3.36. The lowest BCUT2D eigenvalue weighted by atomic mass is 10.2. The number of fused-ring (bicyclic) bond motifs is 1. The lowest BCUT2D eigenvalue weighted by Crippen LogP contribution is -2.28. The van der Waals surface area contributed by atoms with Gasteiger partial charge in [0.15, 0.2) is 0 Å². The van der Waals surface area contributed by atoms with Gasteiger partial charge in [-0.25, -0.2) is 4.98 Å². The highest BCUT2D eigenvalue weighted by atomic mass is 32.1. The number of rotatable bonds is 7. The fourth-order valence-corrected chi connectivity index (χ4v) is 3.99. The van der Waals surface area contributed by atoms with Gasteiger partial charge in [-0.1, -0.05) is 30.3 Å². The van der Waals surface area contributed by atoms with Crippen LogP contribution < -0.4 is 10.1 Å². The average molecular weight is 406 g/mol. The summed E-state index contributed by atoms with van der Waals surface area (Å²) in [6, 6.07) is 19.5. The molecule has 0 saturated carbocycles. The highest BCUT2D eigenvalue weighted by Gasteiger charge is 2.19. The molecule has 1 atom stereocenters. The number of nitrogens with one attached hydrogen (secondary N) is 1. The summed E-state index contributed by atoms with van der Waals surface area (Å²) < 4.78 is 8.08. The zero-order valence-corrected chi connectivity index (χ0v) is 17.3. The molecule has 29 heavy (non-hydrogen) atoms. The zero-order chi connectivity index (χ0) is 20.2. The van der Waals surface area contributed by atoms with Crippen LogP contribution in [0.1, 0.15) is 34.0 Å². The topological polar surface area (TPSA) is 56.1 Å². The first kappa shape index (κ1) is 19.2. The molecule has 0 aliphatic rings. The molecule has 0 saturated heterocycles. The highest BCUT2D eigenvalue weighted by Crippen LogP contribution is 2.22. The van der Waals surface area contributed by atoms with Crippen molar-refractivity contribution in [1.82, 2.24) is 14.9 Å². The van der Waals surface area contributed by atoms with Crippen molar-refractivity contribution in [3.05, 3.63) is 82.3 Å². The van der Waals surface area contributed by atoms with Crippen LogP contribution in [0.5, 0.6) is 5.75 Å². The number of amides is 1. The Balaban J connectivity index is 1.54. The Labute approximate surface area is 174 Å². The van der Waals surface area contributed by atoms with Crippen LogP contribution in [0.3, 0.4) is 0 Å². The van der Waals surface area contributed by atoms with Gasteiger partial charge >= 0.3 is 0 Å². The molecule has 2 aromatic carbocycles. The van der Waals surface area contributed by atoms with Crippen LogP contribution in [0.15, 0.2) is 66.0 Å². The van der Waals surface area contributed by atoms with Crippen molar-refractivity contribution < 1.29 is 9.53 Å². The van der Waals surface area contributed by atoms with E-state index in [4.69, 9.17) is 9.72 Å². The number of ether oxygens (including phenoxy) is 1. The van der Waals surface area contributed by atoms with Crippen LogP contribution in [0.4, 0.5) is 0 Å². The normalized spacial score (nSPS) is 12.1. The van der Waals surface area contributed by atoms with Crippen LogP contribution in [0.2, 0.25) is 0 Å². The monoisotopic (exact) mass is 405 g/mol. The van der Waals surface area contributed by atoms with Crippen LogP contribution in [-0.2, 0) is 6.54 Å². The Bertz CT molecular complexity index is 1120. The fraction of sp³-hybridized carbons (Fsp3) is 0.217. The predicted octanol–water partition coefficient (Wildman–Crippen LogP) is 4.98. The number of benzene rings is 2. The third-order valence-corrected chi connectivity index (χ3v) is 5.61. The second kappa shape index (κ2) is 8.49. The van der Waals surface area contributed by atoms with Crippen molar-refractivity contribution in [3.63, 3.8) is 0 Å². The number of imidazole rings is 1. The van der Waals surface area contributed by atoms with E-state index in [1.54, 1.807) is 0 Å². The SMILES string of the molecule is Cc1cccc(OCCn2c(C(C)NC(=O)c3cccs3)nc3ccccc32)c1. The van der Waals surface area contributed by atoms with Gasteiger partial charge in [-0.3, -0.25) is 4.79 Å². The molecule has 0 aliphatic heterocycles. The minimum absolute atomic E-state index is 0.0814. The largest absolute Gasteiger partial charge is 0.492 e. The van der Waals surface area contributed by atoms with Gasteiger partial charge in [-0.2, -0.15) is 0 Å². The Morgan fingerprint density at radius 1 is 1.17 bits per heavy atom. The summed E-state index contributed by atoms with van der Waals surface area (Å²) in [4.78, 5) is 18.0. The van der Waals surface area contributed by atoms with Crippen molar-refractivity contribution in [2.24, 2.45) is 0 Å². The number of carbonyl (C=O) groups is 1. The summed E-state index contributed by atoms with van der Waals surface area (Å²) in [5.41, 5.74) is 3.11. The Hall–Kier alpha value is -3.12. The molecule has 4 aromatic rings. The second-order valence-electron chi connectivity index (χ2n) is 6.95. The van der Waals surface area contributed by atoms with Crippen LogP contribution in [0, 0.1) is 6.92 Å². The molecule has 0 radical (unpaired) electrons. The van der Waals surface area contributed by atoms with Crippen molar-refractivity contribution in [2.75, 3.05) is 6.61 Å². The van der Waals surface area contributed by atoms with Gasteiger partial charge in [-0.15, -0.1) is 11.3 Å². The maximum absolute atomic E-state index is 12.5. The first-order valence-electron chi connectivity index (χ1n) is 9.61. The standard InChI is InChI=1S/C23H23N3O2S/c1-16-7-5-8-18(15-16)28-13-12-26-20-10-4-3-9-19(20)25-22(26)17(2)24-23(27)21-11-6-14-29-21/h3-11,14-15,17H,12-13H2,1-2H3,(H,24,27). The molecule has 5 nitrogen and oxygen atoms in total. The van der Waals surface area contributed by atoms with Crippen LogP contribution >= 0.6 is 11.3 Å². The van der Waals surface area contributed by atoms with E-state index in [1.165, 1.54) is 16.9 Å². The molecule has 4 rings (SSSR count). The number of aryl methyl sites for hydroxylation is 1. The van der Waals surface area contributed by atoms with Crippen molar-refractivity contribution in [2.45, 2.75) is 26.4 Å². The maximum atomic E-state index is 12.5. The van der Waals surface area contributed by atoms with Crippen LogP contribution in [-0.4, -0.2) is 22.1 Å². The van der Waals surface area contributed by atoms with E-state index < -0.39 is 0 Å². The highest BCUT2D eigenvalue weighted by molar-refractivity contribution is 7.12. The third-order valence-electron chi connectivity index (χ3n) is 4.74. The van der Waals surface area contributed by atoms with Crippen molar-refractivity contribution in [1.29, 1.82) is 0 Å². The van der Waals surface area contributed by atoms with Gasteiger partial charge in [0, 0.05) is 0 Å². The van der Waals surface area contributed by atoms with Gasteiger partial charge in [0.05, 0.1) is 28.5 Å². The van der Waals surface area contributed by atoms with Gasteiger partial charge in [0.2, 0.25) is 0 Å². The number of hydrogen-bond donors (Lipinski definition) is 1. The van der Waals surface area contributed by atoms with E-state index in [-0.39, 0.29) is 11.9 Å². The Kier molecular flexibility index (Phi) is 5.62. The van der Waals surface area contributed by atoms with E-state index in [2.05, 4.69) is 9.88 Å². The third kappa shape index (κ3) is 4.32. The van der Waals surface area contributed by atoms with Gasteiger partial charge in [0.1, 0.15) is 18.2 Å². The Morgan fingerprint density at radius 2 is 2.03 bits per heavy atom. The lowest BCUT2D eigenvalue weighted by Gasteiger charge is -2.16. The summed E-state index contributed by atoms with van der Waals surface area (Å²) in [5, 5.41) is 4.96. The smallest absolute Gasteiger partial charge is 0.261 e. The number of thiophene rings is 1. The molecule has 0 aliphatic carbocycles. The zero-order valence-electron chi connectivity index (χ0n) is 16.5. The Morgan fingerprint density at radius 3 is 2.83 bits per heavy atom. The number of aromatic nitrogens is 2. The first-order chi connectivity index (χ1) is 14.1. The molecule has 1 N–H and O–H groups in total. The second-order valence-corrected chi connectivity index (χ2v) is 7.90. The molecule has 2 heterocycles. The minimum Gasteiger partial charge on any atom is -0.492 e. The van der Waals surface area contributed by atoms with E-state index in [0.717, 1.165) is 22.6 Å². The molecular formula is C23H23N3O2S. The van der Waals surface area contributed by atoms with Crippen molar-refractivity contribution in [3.8, 4) is 5.75 Å². The summed E-state index contributed by atoms with van der Waals surface area (Å²) in [5.74, 6) is 1.60. The van der Waals surface area contributed by atoms with E-state index in [0.29, 0.717) is 18.0 Å². The number of nitrogens with zero attached hydrogens (tertiary/aromatic N) is 2. The first-order valence-corrected chi connectivity index (χ1v) is 10.5. The molecule has 0 fully saturated rings. The molecule has 0 bridgehead atoms. The van der Waals surface area contributed by atoms with E-state index >= 15 is 0 Å². The minimum atomic E-state index is -0.226. The van der Waals surface area contributed by atoms with Crippen molar-refractivity contribution >= 4 is 28.3 Å². The summed E-state index contributed by atoms with van der Waals surface area (Å²) in [6.45, 7) is 5.17. The maximum Gasteiger partial charge on any atom is 0.261 e. The molecule has 2 aromatic heterocycles. The lowest BCUT2D eigenvalue weighted by molar-refractivity contribution is 0.0941. The van der Waals surface area contributed by atoms with Gasteiger partial charge in [0.25, 0.3) is 5.91 Å². The average Bonchev–Trinajstić information content (AvgIpc) is 3.37. The molecule has 0 spiro atoms. The van der Waals surface area contributed by atoms with E-state index in [1.807, 2.05) is 79.9 Å². The molecule has 1 amide bonds. The summed E-state index contributed by atoms with van der Waals surface area (Å²) >= 11 is 1.43. The van der Waals surface area contributed by atoms with E-state index in [9.17, 15) is 4.79 Å². The summed E-state index contributed by atoms with van der Waals surface area (Å²) in [7, 11) is 0.